The number of nitrogens with two attached hydrogens (primary N) is 1. The molecule has 0 aliphatic heterocycles. The Kier molecular flexibility index (Phi) is 4.99. The van der Waals surface area contributed by atoms with Gasteiger partial charge < -0.3 is 10.6 Å². The van der Waals surface area contributed by atoms with Gasteiger partial charge >= 0.3 is 0 Å². The fourth-order valence-corrected chi connectivity index (χ4v) is 1.49. The van der Waals surface area contributed by atoms with E-state index in [1.165, 1.54) is 11.1 Å². The molecule has 0 fully saturated rings. The minimum absolute atomic E-state index is 0.120. The summed E-state index contributed by atoms with van der Waals surface area (Å²) in [5, 5.41) is 0. The van der Waals surface area contributed by atoms with Crippen LogP contribution in [0.5, 0.6) is 0 Å². The normalized spacial score (nSPS) is 10.2. The summed E-state index contributed by atoms with van der Waals surface area (Å²) < 4.78 is 0. The van der Waals surface area contributed by atoms with Crippen LogP contribution in [0.25, 0.3) is 0 Å². The molecule has 0 heterocycles. The van der Waals surface area contributed by atoms with Crippen LogP contribution in [0.1, 0.15) is 17.5 Å². The van der Waals surface area contributed by atoms with Gasteiger partial charge in [-0.15, -0.1) is 0 Å². The van der Waals surface area contributed by atoms with E-state index >= 15 is 0 Å². The van der Waals surface area contributed by atoms with Gasteiger partial charge in [0.05, 0.1) is 0 Å². The molecule has 0 aromatic heterocycles. The van der Waals surface area contributed by atoms with E-state index in [1.807, 2.05) is 7.05 Å². The zero-order valence-electron chi connectivity index (χ0n) is 10.1. The number of likely N-dealkylation sites (N-methyl/N-ethyl adjacent to an activating group) is 1. The second-order valence-corrected chi connectivity index (χ2v) is 4.09. The van der Waals surface area contributed by atoms with Crippen molar-refractivity contribution < 1.29 is 4.79 Å². The first kappa shape index (κ1) is 12.7. The van der Waals surface area contributed by atoms with Crippen molar-refractivity contribution in [2.24, 2.45) is 5.73 Å². The molecule has 0 saturated carbocycles. The average Bonchev–Trinajstić information content (AvgIpc) is 2.28. The highest BCUT2D eigenvalue weighted by atomic mass is 16.2. The minimum atomic E-state index is 0.120. The third kappa shape index (κ3) is 4.03. The molecule has 88 valence electrons. The third-order valence-corrected chi connectivity index (χ3v) is 2.64. The summed E-state index contributed by atoms with van der Waals surface area (Å²) in [7, 11) is 1.83. The van der Waals surface area contributed by atoms with Crippen LogP contribution in [-0.2, 0) is 11.2 Å². The highest BCUT2D eigenvalue weighted by Crippen LogP contribution is 2.04. The van der Waals surface area contributed by atoms with E-state index in [1.54, 1.807) is 4.90 Å². The van der Waals surface area contributed by atoms with Crippen LogP contribution < -0.4 is 5.73 Å². The summed E-state index contributed by atoms with van der Waals surface area (Å²) >= 11 is 0. The van der Waals surface area contributed by atoms with Gasteiger partial charge in [0.2, 0.25) is 5.91 Å². The Balaban J connectivity index is 2.39. The van der Waals surface area contributed by atoms with Crippen molar-refractivity contribution in [3.05, 3.63) is 35.4 Å². The molecule has 1 amide bonds. The lowest BCUT2D eigenvalue weighted by Crippen LogP contribution is -2.30. The van der Waals surface area contributed by atoms with E-state index in [-0.39, 0.29) is 5.91 Å². The van der Waals surface area contributed by atoms with Crippen molar-refractivity contribution in [3.8, 4) is 0 Å². The summed E-state index contributed by atoms with van der Waals surface area (Å²) in [5.74, 6) is 0.120. The fraction of sp³-hybridized carbons (Fsp3) is 0.462. The molecule has 1 aromatic carbocycles. The number of nitrogens with zero attached hydrogens (tertiary/aromatic N) is 1. The number of carbonyl (C=O) groups is 1. The molecule has 1 aromatic rings. The van der Waals surface area contributed by atoms with Crippen molar-refractivity contribution in [1.29, 1.82) is 0 Å². The summed E-state index contributed by atoms with van der Waals surface area (Å²) in [5.41, 5.74) is 7.87. The minimum Gasteiger partial charge on any atom is -0.345 e. The predicted octanol–water partition coefficient (Wildman–Crippen LogP) is 1.34. The second kappa shape index (κ2) is 6.28. The fourth-order valence-electron chi connectivity index (χ4n) is 1.49. The van der Waals surface area contributed by atoms with Gasteiger partial charge in [0, 0.05) is 26.6 Å². The molecule has 1 rings (SSSR count). The van der Waals surface area contributed by atoms with Gasteiger partial charge in [-0.05, 0) is 18.9 Å². The van der Waals surface area contributed by atoms with Gasteiger partial charge in [0.1, 0.15) is 0 Å². The standard InChI is InChI=1S/C13H20N2O/c1-11-3-5-12(6-4-11)8-10-15(2)13(16)7-9-14/h3-6H,7-10,14H2,1-2H3. The summed E-state index contributed by atoms with van der Waals surface area (Å²) in [6.45, 7) is 3.25. The number of aryl methyl sites for hydroxylation is 1. The number of amides is 1. The molecule has 3 nitrogen and oxygen atoms in total. The van der Waals surface area contributed by atoms with E-state index in [0.717, 1.165) is 13.0 Å². The number of hydrogen-bond donors (Lipinski definition) is 1. The Labute approximate surface area is 97.2 Å². The van der Waals surface area contributed by atoms with Gasteiger partial charge in [-0.1, -0.05) is 29.8 Å². The molecule has 0 spiro atoms. The molecule has 0 radical (unpaired) electrons. The van der Waals surface area contributed by atoms with Gasteiger partial charge in [0.25, 0.3) is 0 Å². The average molecular weight is 220 g/mol. The highest BCUT2D eigenvalue weighted by molar-refractivity contribution is 5.76. The smallest absolute Gasteiger partial charge is 0.223 e. The first-order chi connectivity index (χ1) is 7.63. The van der Waals surface area contributed by atoms with Crippen LogP contribution >= 0.6 is 0 Å². The van der Waals surface area contributed by atoms with Crippen LogP contribution in [0.2, 0.25) is 0 Å². The lowest BCUT2D eigenvalue weighted by atomic mass is 10.1. The van der Waals surface area contributed by atoms with Gasteiger partial charge in [0.15, 0.2) is 0 Å². The lowest BCUT2D eigenvalue weighted by molar-refractivity contribution is -0.129. The van der Waals surface area contributed by atoms with Crippen molar-refractivity contribution in [2.45, 2.75) is 19.8 Å². The summed E-state index contributed by atoms with van der Waals surface area (Å²) in [4.78, 5) is 13.2. The van der Waals surface area contributed by atoms with Gasteiger partial charge in [-0.25, -0.2) is 0 Å². The third-order valence-electron chi connectivity index (χ3n) is 2.64. The van der Waals surface area contributed by atoms with Crippen molar-refractivity contribution in [1.82, 2.24) is 4.90 Å². The van der Waals surface area contributed by atoms with Crippen LogP contribution in [0.15, 0.2) is 24.3 Å². The maximum absolute atomic E-state index is 11.5. The number of rotatable bonds is 5. The zero-order valence-corrected chi connectivity index (χ0v) is 10.1. The van der Waals surface area contributed by atoms with Crippen LogP contribution in [0.3, 0.4) is 0 Å². The van der Waals surface area contributed by atoms with Crippen LogP contribution in [-0.4, -0.2) is 30.9 Å². The van der Waals surface area contributed by atoms with E-state index in [0.29, 0.717) is 13.0 Å². The lowest BCUT2D eigenvalue weighted by Gasteiger charge is -2.16. The Bertz CT molecular complexity index is 332. The summed E-state index contributed by atoms with van der Waals surface area (Å²) in [6, 6.07) is 8.40. The van der Waals surface area contributed by atoms with Crippen LogP contribution in [0.4, 0.5) is 0 Å². The Hall–Kier alpha value is -1.35. The molecule has 3 heteroatoms. The molecule has 16 heavy (non-hydrogen) atoms. The number of benzene rings is 1. The Morgan fingerprint density at radius 3 is 2.50 bits per heavy atom. The number of hydrogen-bond acceptors (Lipinski definition) is 2. The van der Waals surface area contributed by atoms with E-state index in [2.05, 4.69) is 31.2 Å². The quantitative estimate of drug-likeness (QED) is 0.814. The van der Waals surface area contributed by atoms with Crippen LogP contribution in [0, 0.1) is 6.92 Å². The zero-order chi connectivity index (χ0) is 12.0. The molecule has 0 unspecified atom stereocenters. The van der Waals surface area contributed by atoms with Crippen molar-refractivity contribution in [2.75, 3.05) is 20.1 Å². The molecule has 0 saturated heterocycles. The Morgan fingerprint density at radius 1 is 1.31 bits per heavy atom. The summed E-state index contributed by atoms with van der Waals surface area (Å²) in [6.07, 6.45) is 1.33. The molecule has 0 atom stereocenters. The first-order valence-corrected chi connectivity index (χ1v) is 5.63. The highest BCUT2D eigenvalue weighted by Gasteiger charge is 2.06. The molecular weight excluding hydrogens is 200 g/mol. The first-order valence-electron chi connectivity index (χ1n) is 5.63. The maximum Gasteiger partial charge on any atom is 0.223 e. The Morgan fingerprint density at radius 2 is 1.94 bits per heavy atom. The molecule has 0 aliphatic rings. The van der Waals surface area contributed by atoms with E-state index < -0.39 is 0 Å². The molecule has 2 N–H and O–H groups in total. The van der Waals surface area contributed by atoms with Crippen molar-refractivity contribution >= 4 is 5.91 Å². The maximum atomic E-state index is 11.5. The van der Waals surface area contributed by atoms with E-state index in [9.17, 15) is 4.79 Å². The van der Waals surface area contributed by atoms with Gasteiger partial charge in [-0.3, -0.25) is 4.79 Å². The second-order valence-electron chi connectivity index (χ2n) is 4.09. The predicted molar refractivity (Wildman–Crippen MR) is 66.2 cm³/mol. The number of carbonyl (C=O) groups excluding carboxylic acids is 1. The molecule has 0 aliphatic carbocycles. The van der Waals surface area contributed by atoms with Crippen molar-refractivity contribution in [3.63, 3.8) is 0 Å². The molecule has 0 bridgehead atoms. The monoisotopic (exact) mass is 220 g/mol. The topological polar surface area (TPSA) is 46.3 Å². The SMILES string of the molecule is Cc1ccc(CCN(C)C(=O)CCN)cc1. The largest absolute Gasteiger partial charge is 0.345 e. The van der Waals surface area contributed by atoms with Gasteiger partial charge in [-0.2, -0.15) is 0 Å². The molecular formula is C13H20N2O. The van der Waals surface area contributed by atoms with E-state index in [4.69, 9.17) is 5.73 Å².